The zero-order valence-electron chi connectivity index (χ0n) is 18.5. The van der Waals surface area contributed by atoms with E-state index in [0.717, 1.165) is 58.3 Å². The van der Waals surface area contributed by atoms with E-state index in [1.54, 1.807) is 14.2 Å². The summed E-state index contributed by atoms with van der Waals surface area (Å²) in [4.78, 5) is 9.34. The van der Waals surface area contributed by atoms with Gasteiger partial charge in [-0.15, -0.1) is 0 Å². The Balaban J connectivity index is 1.63. The number of likely N-dealkylation sites (N-methyl/N-ethyl adjacent to an activating group) is 1. The second kappa shape index (κ2) is 14.3. The van der Waals surface area contributed by atoms with Gasteiger partial charge in [0.1, 0.15) is 0 Å². The molecule has 7 heteroatoms. The molecule has 1 fully saturated rings. The first-order valence-corrected chi connectivity index (χ1v) is 10.8. The van der Waals surface area contributed by atoms with Crippen LogP contribution in [0.1, 0.15) is 24.5 Å². The van der Waals surface area contributed by atoms with Gasteiger partial charge in [-0.05, 0) is 24.1 Å². The van der Waals surface area contributed by atoms with E-state index in [-0.39, 0.29) is 0 Å². The van der Waals surface area contributed by atoms with E-state index in [0.29, 0.717) is 13.2 Å². The molecule has 7 nitrogen and oxygen atoms in total. The molecule has 0 unspecified atom stereocenters. The summed E-state index contributed by atoms with van der Waals surface area (Å²) in [7, 11) is 3.48. The van der Waals surface area contributed by atoms with Gasteiger partial charge >= 0.3 is 0 Å². The maximum absolute atomic E-state index is 5.46. The lowest BCUT2D eigenvalue weighted by atomic mass is 10.1. The minimum absolute atomic E-state index is 0.644. The number of ether oxygens (including phenoxy) is 2. The first kappa shape index (κ1) is 23.6. The standard InChI is InChI=1S/C22H39N5O2/c1-4-26-11-13-27(14-12-26)19-21-8-6-20(7-9-21)18-25-22(23-2)24-10-5-15-29-17-16-28-3/h6-9H,4-5,10-19H2,1-3H3,(H2,23,24,25). The van der Waals surface area contributed by atoms with Crippen LogP contribution in [0.2, 0.25) is 0 Å². The highest BCUT2D eigenvalue weighted by Gasteiger charge is 2.15. The van der Waals surface area contributed by atoms with Gasteiger partial charge in [0, 0.05) is 66.6 Å². The Morgan fingerprint density at radius 2 is 1.66 bits per heavy atom. The van der Waals surface area contributed by atoms with Crippen molar-refractivity contribution in [3.05, 3.63) is 35.4 Å². The number of piperazine rings is 1. The van der Waals surface area contributed by atoms with E-state index >= 15 is 0 Å². The molecule has 1 heterocycles. The summed E-state index contributed by atoms with van der Waals surface area (Å²) < 4.78 is 10.4. The second-order valence-electron chi connectivity index (χ2n) is 7.34. The number of nitrogens with one attached hydrogen (secondary N) is 2. The molecule has 1 aliphatic heterocycles. The zero-order valence-corrected chi connectivity index (χ0v) is 18.5. The van der Waals surface area contributed by atoms with Crippen LogP contribution in [0.15, 0.2) is 29.3 Å². The molecule has 0 atom stereocenters. The molecule has 0 aliphatic carbocycles. The Morgan fingerprint density at radius 3 is 2.31 bits per heavy atom. The number of guanidine groups is 1. The fraction of sp³-hybridized carbons (Fsp3) is 0.682. The van der Waals surface area contributed by atoms with Gasteiger partial charge in [-0.2, -0.15) is 0 Å². The number of rotatable bonds is 12. The van der Waals surface area contributed by atoms with Crippen LogP contribution < -0.4 is 10.6 Å². The molecule has 0 saturated carbocycles. The van der Waals surface area contributed by atoms with E-state index in [1.807, 2.05) is 0 Å². The van der Waals surface area contributed by atoms with Crippen molar-refractivity contribution < 1.29 is 9.47 Å². The summed E-state index contributed by atoms with van der Waals surface area (Å²) >= 11 is 0. The number of benzene rings is 1. The summed E-state index contributed by atoms with van der Waals surface area (Å²) in [6.07, 6.45) is 0.936. The van der Waals surface area contributed by atoms with Crippen LogP contribution in [-0.4, -0.2) is 89.0 Å². The molecule has 0 bridgehead atoms. The zero-order chi connectivity index (χ0) is 20.7. The molecule has 0 aromatic heterocycles. The first-order chi connectivity index (χ1) is 14.2. The molecule has 2 rings (SSSR count). The van der Waals surface area contributed by atoms with E-state index in [4.69, 9.17) is 9.47 Å². The van der Waals surface area contributed by atoms with Crippen molar-refractivity contribution in [3.8, 4) is 0 Å². The Hall–Kier alpha value is -1.67. The third-order valence-electron chi connectivity index (χ3n) is 5.21. The van der Waals surface area contributed by atoms with E-state index in [1.165, 1.54) is 24.2 Å². The van der Waals surface area contributed by atoms with Gasteiger partial charge < -0.3 is 25.0 Å². The van der Waals surface area contributed by atoms with Crippen molar-refractivity contribution in [2.45, 2.75) is 26.4 Å². The fourth-order valence-corrected chi connectivity index (χ4v) is 3.32. The molecule has 2 N–H and O–H groups in total. The minimum atomic E-state index is 0.644. The molecular formula is C22H39N5O2. The summed E-state index contributed by atoms with van der Waals surface area (Å²) in [6, 6.07) is 8.91. The average Bonchev–Trinajstić information content (AvgIpc) is 2.76. The van der Waals surface area contributed by atoms with E-state index < -0.39 is 0 Å². The van der Waals surface area contributed by atoms with Gasteiger partial charge in [-0.3, -0.25) is 9.89 Å². The highest BCUT2D eigenvalue weighted by Crippen LogP contribution is 2.10. The summed E-state index contributed by atoms with van der Waals surface area (Å²) in [6.45, 7) is 12.8. The predicted octanol–water partition coefficient (Wildman–Crippen LogP) is 1.54. The molecule has 0 spiro atoms. The Labute approximate surface area is 176 Å². The number of aliphatic imine (C=N–C) groups is 1. The maximum atomic E-state index is 5.46. The third-order valence-corrected chi connectivity index (χ3v) is 5.21. The predicted molar refractivity (Wildman–Crippen MR) is 119 cm³/mol. The molecular weight excluding hydrogens is 366 g/mol. The van der Waals surface area contributed by atoms with E-state index in [2.05, 4.69) is 56.6 Å². The Kier molecular flexibility index (Phi) is 11.7. The Morgan fingerprint density at radius 1 is 0.966 bits per heavy atom. The van der Waals surface area contributed by atoms with Crippen molar-refractivity contribution in [2.24, 2.45) is 4.99 Å². The van der Waals surface area contributed by atoms with Crippen LogP contribution in [0.4, 0.5) is 0 Å². The molecule has 29 heavy (non-hydrogen) atoms. The maximum Gasteiger partial charge on any atom is 0.191 e. The van der Waals surface area contributed by atoms with Crippen LogP contribution in [0.3, 0.4) is 0 Å². The lowest BCUT2D eigenvalue weighted by Crippen LogP contribution is -2.45. The van der Waals surface area contributed by atoms with Crippen LogP contribution >= 0.6 is 0 Å². The molecule has 1 aliphatic rings. The Bertz CT molecular complexity index is 571. The molecule has 0 radical (unpaired) electrons. The van der Waals surface area contributed by atoms with Crippen molar-refractivity contribution >= 4 is 5.96 Å². The highest BCUT2D eigenvalue weighted by molar-refractivity contribution is 5.79. The van der Waals surface area contributed by atoms with Gasteiger partial charge in [0.05, 0.1) is 13.2 Å². The topological polar surface area (TPSA) is 61.4 Å². The van der Waals surface area contributed by atoms with Crippen molar-refractivity contribution in [3.63, 3.8) is 0 Å². The van der Waals surface area contributed by atoms with Crippen LogP contribution in [0.5, 0.6) is 0 Å². The van der Waals surface area contributed by atoms with Crippen LogP contribution in [0, 0.1) is 0 Å². The molecule has 164 valence electrons. The highest BCUT2D eigenvalue weighted by atomic mass is 16.5. The first-order valence-electron chi connectivity index (χ1n) is 10.8. The molecule has 1 aromatic carbocycles. The average molecular weight is 406 g/mol. The number of nitrogens with zero attached hydrogens (tertiary/aromatic N) is 3. The minimum Gasteiger partial charge on any atom is -0.382 e. The van der Waals surface area contributed by atoms with Crippen LogP contribution in [0.25, 0.3) is 0 Å². The number of hydrogen-bond donors (Lipinski definition) is 2. The summed E-state index contributed by atoms with van der Waals surface area (Å²) in [5.74, 6) is 0.819. The van der Waals surface area contributed by atoms with Gasteiger partial charge in [-0.1, -0.05) is 31.2 Å². The van der Waals surface area contributed by atoms with Gasteiger partial charge in [0.25, 0.3) is 0 Å². The van der Waals surface area contributed by atoms with Gasteiger partial charge in [-0.25, -0.2) is 0 Å². The number of methoxy groups -OCH3 is 1. The largest absolute Gasteiger partial charge is 0.382 e. The van der Waals surface area contributed by atoms with Crippen molar-refractivity contribution in [2.75, 3.05) is 73.2 Å². The lowest BCUT2D eigenvalue weighted by molar-refractivity contribution is 0.0698. The molecule has 1 aromatic rings. The quantitative estimate of drug-likeness (QED) is 0.313. The summed E-state index contributed by atoms with van der Waals surface area (Å²) in [5.41, 5.74) is 2.64. The van der Waals surface area contributed by atoms with E-state index in [9.17, 15) is 0 Å². The third kappa shape index (κ3) is 9.58. The fourth-order valence-electron chi connectivity index (χ4n) is 3.32. The normalized spacial score (nSPS) is 16.2. The van der Waals surface area contributed by atoms with Crippen molar-refractivity contribution in [1.82, 2.24) is 20.4 Å². The lowest BCUT2D eigenvalue weighted by Gasteiger charge is -2.34. The van der Waals surface area contributed by atoms with Gasteiger partial charge in [0.15, 0.2) is 5.96 Å². The smallest absolute Gasteiger partial charge is 0.191 e. The number of hydrogen-bond acceptors (Lipinski definition) is 5. The monoisotopic (exact) mass is 405 g/mol. The molecule has 1 saturated heterocycles. The molecule has 0 amide bonds. The second-order valence-corrected chi connectivity index (χ2v) is 7.34. The van der Waals surface area contributed by atoms with Crippen molar-refractivity contribution in [1.29, 1.82) is 0 Å². The SMILES string of the molecule is CCN1CCN(Cc2ccc(CNC(=NC)NCCCOCCOC)cc2)CC1. The summed E-state index contributed by atoms with van der Waals surface area (Å²) in [5, 5.41) is 6.69. The van der Waals surface area contributed by atoms with Gasteiger partial charge in [0.2, 0.25) is 0 Å². The van der Waals surface area contributed by atoms with Crippen LogP contribution in [-0.2, 0) is 22.6 Å².